The van der Waals surface area contributed by atoms with E-state index in [1.54, 1.807) is 13.8 Å². The number of amides is 2. The van der Waals surface area contributed by atoms with Gasteiger partial charge in [0.2, 0.25) is 0 Å². The summed E-state index contributed by atoms with van der Waals surface area (Å²) in [4.78, 5) is 35.9. The van der Waals surface area contributed by atoms with Crippen LogP contribution in [0.3, 0.4) is 0 Å². The number of esters is 2. The van der Waals surface area contributed by atoms with Gasteiger partial charge in [-0.15, -0.1) is 0 Å². The molecule has 0 saturated heterocycles. The van der Waals surface area contributed by atoms with Gasteiger partial charge in [0.15, 0.2) is 0 Å². The van der Waals surface area contributed by atoms with Crippen LogP contribution in [0.2, 0.25) is 5.02 Å². The van der Waals surface area contributed by atoms with Crippen LogP contribution in [0.1, 0.15) is 24.2 Å². The third-order valence-electron chi connectivity index (χ3n) is 3.45. The molecule has 1 atom stereocenters. The first-order valence-corrected chi connectivity index (χ1v) is 7.91. The van der Waals surface area contributed by atoms with Crippen molar-refractivity contribution in [1.82, 2.24) is 10.6 Å². The van der Waals surface area contributed by atoms with E-state index in [1.165, 1.54) is 18.2 Å². The second kappa shape index (κ2) is 7.89. The molecule has 0 aromatic heterocycles. The van der Waals surface area contributed by atoms with Crippen LogP contribution in [0.15, 0.2) is 29.5 Å². The van der Waals surface area contributed by atoms with Gasteiger partial charge < -0.3 is 25.8 Å². The molecule has 0 bridgehead atoms. The van der Waals surface area contributed by atoms with Crippen molar-refractivity contribution in [2.75, 3.05) is 18.9 Å². The van der Waals surface area contributed by atoms with Crippen LogP contribution in [0.5, 0.6) is 0 Å². The van der Waals surface area contributed by atoms with Crippen molar-refractivity contribution in [3.63, 3.8) is 0 Å². The fraction of sp³-hybridized carbons (Fsp3) is 0.312. The third kappa shape index (κ3) is 4.42. The first kappa shape index (κ1) is 18.6. The van der Waals surface area contributed by atoms with Gasteiger partial charge in [-0.3, -0.25) is 0 Å². The third-order valence-corrected chi connectivity index (χ3v) is 3.68. The van der Waals surface area contributed by atoms with E-state index in [4.69, 9.17) is 26.8 Å². The highest BCUT2D eigenvalue weighted by atomic mass is 35.5. The van der Waals surface area contributed by atoms with Crippen molar-refractivity contribution in [2.45, 2.75) is 19.9 Å². The predicted molar refractivity (Wildman–Crippen MR) is 90.9 cm³/mol. The molecule has 0 unspecified atom stereocenters. The van der Waals surface area contributed by atoms with Gasteiger partial charge in [-0.05, 0) is 32.0 Å². The van der Waals surface area contributed by atoms with E-state index in [0.29, 0.717) is 5.02 Å². The zero-order valence-corrected chi connectivity index (χ0v) is 14.5. The molecule has 1 aromatic rings. The summed E-state index contributed by atoms with van der Waals surface area (Å²) in [5, 5.41) is 5.40. The molecule has 0 aliphatic carbocycles. The maximum atomic E-state index is 12.2. The Labute approximate surface area is 149 Å². The summed E-state index contributed by atoms with van der Waals surface area (Å²) in [7, 11) is 0. The van der Waals surface area contributed by atoms with Crippen LogP contribution in [-0.4, -0.2) is 37.2 Å². The van der Waals surface area contributed by atoms with E-state index in [0.717, 1.165) is 0 Å². The fourth-order valence-corrected chi connectivity index (χ4v) is 2.51. The Kier molecular flexibility index (Phi) is 5.87. The Morgan fingerprint density at radius 2 is 2.00 bits per heavy atom. The highest BCUT2D eigenvalue weighted by Crippen LogP contribution is 2.20. The molecule has 4 N–H and O–H groups in total. The maximum absolute atomic E-state index is 12.2. The number of ether oxygens (including phenoxy) is 2. The second-order valence-electron chi connectivity index (χ2n) is 5.24. The van der Waals surface area contributed by atoms with Gasteiger partial charge in [0, 0.05) is 10.7 Å². The number of rotatable bonds is 5. The summed E-state index contributed by atoms with van der Waals surface area (Å²) in [6.07, 6.45) is 0. The van der Waals surface area contributed by atoms with Gasteiger partial charge in [-0.25, -0.2) is 14.4 Å². The number of hydrogen-bond donors (Lipinski definition) is 3. The Hall–Kier alpha value is -2.74. The lowest BCUT2D eigenvalue weighted by molar-refractivity contribution is -0.139. The minimum atomic E-state index is -0.703. The first-order valence-electron chi connectivity index (χ1n) is 7.53. The van der Waals surface area contributed by atoms with Crippen LogP contribution >= 0.6 is 11.6 Å². The topological polar surface area (TPSA) is 120 Å². The second-order valence-corrected chi connectivity index (χ2v) is 5.68. The molecule has 1 heterocycles. The summed E-state index contributed by atoms with van der Waals surface area (Å²) in [5.74, 6) is -1.30. The lowest BCUT2D eigenvalue weighted by atomic mass is 10.0. The minimum absolute atomic E-state index is 0.135. The average Bonchev–Trinajstić information content (AvgIpc) is 2.52. The average molecular weight is 368 g/mol. The number of benzene rings is 1. The Bertz CT molecular complexity index is 747. The fourth-order valence-electron chi connectivity index (χ4n) is 2.33. The predicted octanol–water partition coefficient (Wildman–Crippen LogP) is 1.60. The lowest BCUT2D eigenvalue weighted by Gasteiger charge is -2.26. The Morgan fingerprint density at radius 3 is 2.64 bits per heavy atom. The Balaban J connectivity index is 2.19. The summed E-state index contributed by atoms with van der Waals surface area (Å²) in [6, 6.07) is 3.28. The quantitative estimate of drug-likeness (QED) is 0.537. The summed E-state index contributed by atoms with van der Waals surface area (Å²) >= 11 is 5.79. The monoisotopic (exact) mass is 367 g/mol. The van der Waals surface area contributed by atoms with Crippen molar-refractivity contribution in [2.24, 2.45) is 0 Å². The molecule has 0 fully saturated rings. The highest BCUT2D eigenvalue weighted by Gasteiger charge is 2.30. The van der Waals surface area contributed by atoms with E-state index in [1.807, 2.05) is 0 Å². The largest absolute Gasteiger partial charge is 0.463 e. The number of nitrogens with one attached hydrogen (secondary N) is 2. The summed E-state index contributed by atoms with van der Waals surface area (Å²) < 4.78 is 10.2. The molecule has 0 spiro atoms. The van der Waals surface area contributed by atoms with Crippen molar-refractivity contribution >= 4 is 35.3 Å². The summed E-state index contributed by atoms with van der Waals surface area (Å²) in [5.41, 5.74) is 6.40. The number of nitrogen functional groups attached to an aromatic ring is 1. The number of carbonyl (C=O) groups excluding carboxylic acids is 3. The molecule has 8 nitrogen and oxygen atoms in total. The maximum Gasteiger partial charge on any atom is 0.340 e. The van der Waals surface area contributed by atoms with Crippen LogP contribution in [0.25, 0.3) is 0 Å². The molecule has 25 heavy (non-hydrogen) atoms. The molecule has 2 rings (SSSR count). The van der Waals surface area contributed by atoms with Gasteiger partial charge in [0.1, 0.15) is 6.61 Å². The van der Waals surface area contributed by atoms with Crippen LogP contribution in [0.4, 0.5) is 10.5 Å². The molecule has 2 amide bonds. The molecule has 1 aromatic carbocycles. The molecule has 9 heteroatoms. The zero-order chi connectivity index (χ0) is 18.6. The molecule has 1 aliphatic rings. The molecule has 0 radical (unpaired) electrons. The standard InChI is InChI=1S/C16H18ClN3O5/c1-3-24-15(22)13-8(2)19-16(23)20-12(13)7-25-14(21)10-5-4-9(17)6-11(10)18/h4-6,8H,3,7,18H2,1-2H3,(H2,19,20,23)/t8-/m0/s1. The molecular weight excluding hydrogens is 350 g/mol. The van der Waals surface area contributed by atoms with Gasteiger partial charge in [-0.2, -0.15) is 0 Å². The molecule has 1 aliphatic heterocycles. The highest BCUT2D eigenvalue weighted by molar-refractivity contribution is 6.31. The SMILES string of the molecule is CCOC(=O)C1=C(COC(=O)c2ccc(Cl)cc2N)NC(=O)N[C@H]1C. The van der Waals surface area contributed by atoms with E-state index in [-0.39, 0.29) is 35.7 Å². The summed E-state index contributed by atoms with van der Waals surface area (Å²) in [6.45, 7) is 3.16. The van der Waals surface area contributed by atoms with Crippen molar-refractivity contribution in [1.29, 1.82) is 0 Å². The van der Waals surface area contributed by atoms with Gasteiger partial charge in [0.05, 0.1) is 29.5 Å². The van der Waals surface area contributed by atoms with Gasteiger partial charge in [0.25, 0.3) is 0 Å². The molecule has 134 valence electrons. The molecule has 0 saturated carbocycles. The van der Waals surface area contributed by atoms with Crippen LogP contribution < -0.4 is 16.4 Å². The smallest absolute Gasteiger partial charge is 0.340 e. The number of urea groups is 1. The number of hydrogen-bond acceptors (Lipinski definition) is 6. The molecular formula is C16H18ClN3O5. The first-order chi connectivity index (χ1) is 11.8. The number of nitrogens with two attached hydrogens (primary N) is 1. The number of halogens is 1. The normalized spacial score (nSPS) is 16.8. The van der Waals surface area contributed by atoms with E-state index >= 15 is 0 Å². The van der Waals surface area contributed by atoms with E-state index in [2.05, 4.69) is 10.6 Å². The van der Waals surface area contributed by atoms with E-state index < -0.39 is 24.0 Å². The van der Waals surface area contributed by atoms with Crippen molar-refractivity contribution < 1.29 is 23.9 Å². The Morgan fingerprint density at radius 1 is 1.28 bits per heavy atom. The lowest BCUT2D eigenvalue weighted by Crippen LogP contribution is -2.50. The van der Waals surface area contributed by atoms with Crippen LogP contribution in [0, 0.1) is 0 Å². The van der Waals surface area contributed by atoms with Crippen LogP contribution in [-0.2, 0) is 14.3 Å². The van der Waals surface area contributed by atoms with Crippen molar-refractivity contribution in [3.8, 4) is 0 Å². The number of anilines is 1. The minimum Gasteiger partial charge on any atom is -0.463 e. The van der Waals surface area contributed by atoms with E-state index in [9.17, 15) is 14.4 Å². The zero-order valence-electron chi connectivity index (χ0n) is 13.7. The number of carbonyl (C=O) groups is 3. The van der Waals surface area contributed by atoms with Gasteiger partial charge in [-0.1, -0.05) is 11.6 Å². The van der Waals surface area contributed by atoms with Gasteiger partial charge >= 0.3 is 18.0 Å². The van der Waals surface area contributed by atoms with Crippen molar-refractivity contribution in [3.05, 3.63) is 40.1 Å².